The Labute approximate surface area is 246 Å². The van der Waals surface area contributed by atoms with Crippen LogP contribution >= 0.6 is 0 Å². The van der Waals surface area contributed by atoms with Crippen LogP contribution in [0.5, 0.6) is 0 Å². The molecule has 43 heavy (non-hydrogen) atoms. The quantitative estimate of drug-likeness (QED) is 0.249. The third-order valence-corrected chi connectivity index (χ3v) is 7.00. The van der Waals surface area contributed by atoms with E-state index in [1.807, 2.05) is 0 Å². The number of hydrogen-bond acceptors (Lipinski definition) is 9. The molecule has 1 aliphatic heterocycles. The fourth-order valence-corrected chi connectivity index (χ4v) is 4.77. The summed E-state index contributed by atoms with van der Waals surface area (Å²) < 4.78 is 0. The van der Waals surface area contributed by atoms with E-state index < -0.39 is 59.6 Å². The largest absolute Gasteiger partial charge is 0.481 e. The number of carboxylic acids is 1. The fraction of sp³-hybridized carbons (Fsp3) is 0.233. The fourth-order valence-electron chi connectivity index (χ4n) is 4.77. The van der Waals surface area contributed by atoms with Crippen molar-refractivity contribution in [1.29, 1.82) is 0 Å². The third-order valence-electron chi connectivity index (χ3n) is 7.00. The molecule has 2 aromatic carbocycles. The van der Waals surface area contributed by atoms with Crippen molar-refractivity contribution in [3.8, 4) is 0 Å². The van der Waals surface area contributed by atoms with Gasteiger partial charge in [0.15, 0.2) is 11.8 Å². The van der Waals surface area contributed by atoms with Crippen LogP contribution in [0.25, 0.3) is 0 Å². The molecule has 0 bridgehead atoms. The van der Waals surface area contributed by atoms with E-state index in [0.717, 1.165) is 6.92 Å². The number of anilines is 1. The highest BCUT2D eigenvalue weighted by Crippen LogP contribution is 2.38. The second-order valence-electron chi connectivity index (χ2n) is 9.93. The summed E-state index contributed by atoms with van der Waals surface area (Å²) in [6.07, 6.45) is 2.11. The molecule has 13 nitrogen and oxygen atoms in total. The molecule has 0 unspecified atom stereocenters. The van der Waals surface area contributed by atoms with Gasteiger partial charge in [-0.25, -0.2) is 9.59 Å². The molecule has 4 amide bonds. The molecular formula is C30H29N5O8. The van der Waals surface area contributed by atoms with E-state index in [2.05, 4.69) is 4.98 Å². The van der Waals surface area contributed by atoms with Crippen molar-refractivity contribution in [1.82, 2.24) is 14.9 Å². The Balaban J connectivity index is 1.72. The number of ketones is 1. The normalized spacial score (nSPS) is 17.7. The standard InChI is InChI=1S/C30H29N5O8/c1-19(36)25(34(22-11-7-4-8-12-22)26(39)23(31)17-24(37)38)27(40)43-35-28(41)30(2,21-13-15-32-16-14-21)33(29(35)42)18-20-9-5-3-6-10-20/h3-16,23,25H,17-18,31H2,1-2H3,(H,37,38)/t23-,25-,30+/m0/s1. The lowest BCUT2D eigenvalue weighted by Crippen LogP contribution is -2.56. The molecule has 1 aromatic heterocycles. The molecule has 13 heteroatoms. The summed E-state index contributed by atoms with van der Waals surface area (Å²) in [6, 6.07) is 14.8. The molecule has 1 aliphatic rings. The first kappa shape index (κ1) is 30.5. The summed E-state index contributed by atoms with van der Waals surface area (Å²) >= 11 is 0. The minimum atomic E-state index is -2.01. The molecule has 1 fully saturated rings. The number of benzene rings is 2. The van der Waals surface area contributed by atoms with Gasteiger partial charge in [-0.3, -0.25) is 34.0 Å². The van der Waals surface area contributed by atoms with Crippen LogP contribution in [0, 0.1) is 0 Å². The van der Waals surface area contributed by atoms with E-state index >= 15 is 0 Å². The Morgan fingerprint density at radius 1 is 0.977 bits per heavy atom. The van der Waals surface area contributed by atoms with Crippen LogP contribution in [0.3, 0.4) is 0 Å². The Hall–Kier alpha value is -5.43. The predicted molar refractivity (Wildman–Crippen MR) is 151 cm³/mol. The summed E-state index contributed by atoms with van der Waals surface area (Å²) in [6.45, 7) is 2.47. The van der Waals surface area contributed by atoms with E-state index in [-0.39, 0.29) is 17.3 Å². The number of amides is 4. The number of aromatic nitrogens is 1. The average molecular weight is 588 g/mol. The van der Waals surface area contributed by atoms with Gasteiger partial charge in [0.25, 0.3) is 5.91 Å². The highest BCUT2D eigenvalue weighted by atomic mass is 16.7. The van der Waals surface area contributed by atoms with Crippen molar-refractivity contribution >= 4 is 41.3 Å². The van der Waals surface area contributed by atoms with Crippen LogP contribution in [-0.2, 0) is 40.9 Å². The summed E-state index contributed by atoms with van der Waals surface area (Å²) in [5, 5.41) is 9.43. The van der Waals surface area contributed by atoms with Gasteiger partial charge in [0, 0.05) is 24.6 Å². The number of imide groups is 1. The van der Waals surface area contributed by atoms with E-state index in [1.165, 1.54) is 48.5 Å². The molecule has 0 saturated carbocycles. The van der Waals surface area contributed by atoms with Crippen LogP contribution in [-0.4, -0.2) is 67.7 Å². The van der Waals surface area contributed by atoms with Crippen LogP contribution < -0.4 is 10.6 Å². The molecule has 0 radical (unpaired) electrons. The second kappa shape index (κ2) is 12.6. The zero-order chi connectivity index (χ0) is 31.3. The number of rotatable bonds is 11. The Morgan fingerprint density at radius 3 is 2.12 bits per heavy atom. The van der Waals surface area contributed by atoms with Crippen LogP contribution in [0.15, 0.2) is 85.2 Å². The minimum absolute atomic E-state index is 0.0346. The van der Waals surface area contributed by atoms with E-state index in [0.29, 0.717) is 16.0 Å². The number of pyridine rings is 1. The molecule has 3 atom stereocenters. The highest BCUT2D eigenvalue weighted by Gasteiger charge is 2.58. The van der Waals surface area contributed by atoms with Crippen molar-refractivity contribution in [3.63, 3.8) is 0 Å². The van der Waals surface area contributed by atoms with Gasteiger partial charge in [-0.2, -0.15) is 0 Å². The lowest BCUT2D eigenvalue weighted by Gasteiger charge is -2.31. The number of nitrogens with zero attached hydrogens (tertiary/aromatic N) is 4. The topological polar surface area (TPSA) is 181 Å². The van der Waals surface area contributed by atoms with Crippen molar-refractivity contribution in [2.24, 2.45) is 5.73 Å². The van der Waals surface area contributed by atoms with Gasteiger partial charge < -0.3 is 15.7 Å². The SMILES string of the molecule is CC(=O)[C@@H](C(=O)ON1C(=O)N(Cc2ccccc2)[C@](C)(c2ccncc2)C1=O)N(C(=O)[C@@H](N)CC(=O)O)c1ccccc1. The second-order valence-corrected chi connectivity index (χ2v) is 9.93. The lowest BCUT2D eigenvalue weighted by atomic mass is 9.91. The minimum Gasteiger partial charge on any atom is -0.481 e. The molecule has 3 N–H and O–H groups in total. The smallest absolute Gasteiger partial charge is 0.363 e. The number of hydroxylamine groups is 2. The van der Waals surface area contributed by atoms with Gasteiger partial charge in [0.1, 0.15) is 5.54 Å². The Kier molecular flexibility index (Phi) is 8.95. The molecule has 3 aromatic rings. The van der Waals surface area contributed by atoms with E-state index in [4.69, 9.17) is 15.7 Å². The van der Waals surface area contributed by atoms with Crippen molar-refractivity contribution in [3.05, 3.63) is 96.3 Å². The lowest BCUT2D eigenvalue weighted by molar-refractivity contribution is -0.186. The van der Waals surface area contributed by atoms with Gasteiger partial charge in [-0.05, 0) is 49.2 Å². The number of carboxylic acid groups (broad SMARTS) is 1. The summed E-state index contributed by atoms with van der Waals surface area (Å²) in [7, 11) is 0. The molecule has 0 aliphatic carbocycles. The number of Topliss-reactive ketones (excluding diaryl/α,β-unsaturated/α-hetero) is 1. The molecule has 0 spiro atoms. The molecule has 4 rings (SSSR count). The zero-order valence-electron chi connectivity index (χ0n) is 23.3. The van der Waals surface area contributed by atoms with Gasteiger partial charge in [0.2, 0.25) is 5.91 Å². The van der Waals surface area contributed by atoms with E-state index in [1.54, 1.807) is 48.5 Å². The first-order valence-corrected chi connectivity index (χ1v) is 13.1. The summed E-state index contributed by atoms with van der Waals surface area (Å²) in [4.78, 5) is 90.0. The number of carbonyl (C=O) groups is 6. The van der Waals surface area contributed by atoms with Gasteiger partial charge in [0.05, 0.1) is 12.5 Å². The molecular weight excluding hydrogens is 558 g/mol. The predicted octanol–water partition coefficient (Wildman–Crippen LogP) is 2.01. The molecule has 222 valence electrons. The van der Waals surface area contributed by atoms with Crippen LogP contribution in [0.1, 0.15) is 31.4 Å². The van der Waals surface area contributed by atoms with Crippen molar-refractivity contribution < 1.29 is 38.7 Å². The van der Waals surface area contributed by atoms with Crippen molar-refractivity contribution in [2.75, 3.05) is 4.90 Å². The maximum Gasteiger partial charge on any atom is 0.363 e. The maximum atomic E-state index is 13.9. The Morgan fingerprint density at radius 2 is 1.56 bits per heavy atom. The number of para-hydroxylation sites is 1. The highest BCUT2D eigenvalue weighted by molar-refractivity contribution is 6.15. The molecule has 1 saturated heterocycles. The number of aliphatic carboxylic acids is 1. The summed E-state index contributed by atoms with van der Waals surface area (Å²) in [5.74, 6) is -5.67. The van der Waals surface area contributed by atoms with Gasteiger partial charge in [-0.1, -0.05) is 53.6 Å². The number of nitrogens with two attached hydrogens (primary N) is 1. The first-order valence-electron chi connectivity index (χ1n) is 13.1. The van der Waals surface area contributed by atoms with E-state index in [9.17, 15) is 28.8 Å². The van der Waals surface area contributed by atoms with Crippen LogP contribution in [0.4, 0.5) is 10.5 Å². The maximum absolute atomic E-state index is 13.9. The summed E-state index contributed by atoms with van der Waals surface area (Å²) in [5.41, 5.74) is 5.30. The van der Waals surface area contributed by atoms with Gasteiger partial charge in [-0.15, -0.1) is 0 Å². The Bertz CT molecular complexity index is 1540. The molecule has 2 heterocycles. The number of hydrogen-bond donors (Lipinski definition) is 2. The monoisotopic (exact) mass is 587 g/mol. The number of urea groups is 1. The van der Waals surface area contributed by atoms with Crippen LogP contribution in [0.2, 0.25) is 0 Å². The third kappa shape index (κ3) is 6.11. The van der Waals surface area contributed by atoms with Gasteiger partial charge >= 0.3 is 18.0 Å². The average Bonchev–Trinajstić information content (AvgIpc) is 3.17. The number of carbonyl (C=O) groups excluding carboxylic acids is 5. The van der Waals surface area contributed by atoms with Crippen molar-refractivity contribution in [2.45, 2.75) is 44.4 Å². The first-order chi connectivity index (χ1) is 20.5. The zero-order valence-corrected chi connectivity index (χ0v) is 23.3.